The first-order valence-electron chi connectivity index (χ1n) is 3.63. The number of hydrogen-bond donors (Lipinski definition) is 6. The van der Waals surface area contributed by atoms with Crippen LogP contribution < -0.4 is 0 Å². The van der Waals surface area contributed by atoms with Gasteiger partial charge in [-0.15, -0.1) is 0 Å². The van der Waals surface area contributed by atoms with E-state index in [1.54, 1.807) is 0 Å². The van der Waals surface area contributed by atoms with Crippen molar-refractivity contribution < 1.29 is 47.7 Å². The zero-order valence-corrected chi connectivity index (χ0v) is 14.8. The predicted molar refractivity (Wildman–Crippen MR) is 61.5 cm³/mol. The minimum Gasteiger partial charge on any atom is -0.325 e. The molecule has 0 aliphatic rings. The molecule has 0 aliphatic carbocycles. The van der Waals surface area contributed by atoms with Gasteiger partial charge in [0.2, 0.25) is 0 Å². The Balaban J connectivity index is -0.000000144. The molecule has 6 nitrogen and oxygen atoms in total. The summed E-state index contributed by atoms with van der Waals surface area (Å²) in [5, 5.41) is 1.43. The molecular formula is C4H15O6P2S2Zn. The van der Waals surface area contributed by atoms with Crippen LogP contribution in [-0.4, -0.2) is 29.4 Å². The Morgan fingerprint density at radius 1 is 0.933 bits per heavy atom. The maximum Gasteiger partial charge on any atom is 0.319 e. The van der Waals surface area contributed by atoms with Crippen molar-refractivity contribution in [3.63, 3.8) is 0 Å². The Morgan fingerprint density at radius 3 is 1.00 bits per heavy atom. The Morgan fingerprint density at radius 2 is 1.00 bits per heavy atom. The van der Waals surface area contributed by atoms with Crippen LogP contribution in [0.15, 0.2) is 0 Å². The zero-order chi connectivity index (χ0) is 13.3. The molecule has 0 heterocycles. The molecule has 11 heteroatoms. The van der Waals surface area contributed by atoms with Crippen molar-refractivity contribution in [1.29, 1.82) is 0 Å². The third kappa shape index (κ3) is 216. The fraction of sp³-hybridized carbons (Fsp3) is 1.00. The predicted octanol–water partition coefficient (Wildman–Crippen LogP) is -0.0169. The Hall–Kier alpha value is 1.68. The van der Waals surface area contributed by atoms with Crippen molar-refractivity contribution in [1.82, 2.24) is 0 Å². The molecule has 0 saturated heterocycles. The van der Waals surface area contributed by atoms with E-state index in [2.05, 4.69) is 37.5 Å². The third-order valence-electron chi connectivity index (χ3n) is 0.577. The van der Waals surface area contributed by atoms with Gasteiger partial charge in [0.05, 0.1) is 0 Å². The molecule has 15 heavy (non-hydrogen) atoms. The van der Waals surface area contributed by atoms with Crippen molar-refractivity contribution in [2.45, 2.75) is 18.9 Å². The summed E-state index contributed by atoms with van der Waals surface area (Å²) >= 11 is 8.66. The van der Waals surface area contributed by atoms with Crippen molar-refractivity contribution >= 4 is 37.1 Å². The van der Waals surface area contributed by atoms with Gasteiger partial charge in [0.15, 0.2) is 0 Å². The topological polar surface area (TPSA) is 121 Å². The first-order chi connectivity index (χ1) is 6.27. The standard InChI is InChI=1S/C4H9.2H3O3PS.Zn/c1-4(2)3;2*1-4(2,3)5;/h4H,1H2,2-3H3;2*(H3,1,2,3,5);. The van der Waals surface area contributed by atoms with E-state index in [0.29, 0.717) is 0 Å². The summed E-state index contributed by atoms with van der Waals surface area (Å²) in [4.78, 5) is 45.3. The van der Waals surface area contributed by atoms with Crippen molar-refractivity contribution in [3.8, 4) is 0 Å². The van der Waals surface area contributed by atoms with Gasteiger partial charge < -0.3 is 29.4 Å². The average Bonchev–Trinajstić information content (AvgIpc) is 1.79. The van der Waals surface area contributed by atoms with Crippen LogP contribution in [0.3, 0.4) is 0 Å². The monoisotopic (exact) mass is 349 g/mol. The molecule has 0 unspecified atom stereocenters. The van der Waals surface area contributed by atoms with E-state index in [1.807, 2.05) is 0 Å². The van der Waals surface area contributed by atoms with Gasteiger partial charge in [-0.3, -0.25) is 0 Å². The second-order valence-electron chi connectivity index (χ2n) is 2.71. The van der Waals surface area contributed by atoms with Gasteiger partial charge in [0.25, 0.3) is 0 Å². The zero-order valence-electron chi connectivity index (χ0n) is 8.39. The Kier molecular flexibility index (Phi) is 15.8. The summed E-state index contributed by atoms with van der Waals surface area (Å²) in [6, 6.07) is 0. The third-order valence-corrected chi connectivity index (χ3v) is 3.00. The molecular weight excluding hydrogens is 336 g/mol. The van der Waals surface area contributed by atoms with E-state index in [9.17, 15) is 0 Å². The molecule has 0 radical (unpaired) electrons. The molecule has 0 spiro atoms. The van der Waals surface area contributed by atoms with Crippen molar-refractivity contribution in [3.05, 3.63) is 0 Å². The summed E-state index contributed by atoms with van der Waals surface area (Å²) in [5.74, 6) is 0.940. The van der Waals surface area contributed by atoms with Gasteiger partial charge in [0.1, 0.15) is 0 Å². The van der Waals surface area contributed by atoms with Crippen molar-refractivity contribution in [2.75, 3.05) is 0 Å². The summed E-state index contributed by atoms with van der Waals surface area (Å²) in [6.07, 6.45) is 0. The molecule has 0 atom stereocenters. The Labute approximate surface area is 109 Å². The van der Waals surface area contributed by atoms with E-state index in [0.717, 1.165) is 5.92 Å². The smallest absolute Gasteiger partial charge is 0.319 e. The number of hydrogen-bond acceptors (Lipinski definition) is 2. The van der Waals surface area contributed by atoms with E-state index in [-0.39, 0.29) is 0 Å². The molecule has 6 N–H and O–H groups in total. The van der Waals surface area contributed by atoms with Crippen LogP contribution in [0.25, 0.3) is 0 Å². The summed E-state index contributed by atoms with van der Waals surface area (Å²) in [7, 11) is 0. The molecule has 0 aromatic heterocycles. The van der Waals surface area contributed by atoms with Crippen molar-refractivity contribution in [2.24, 2.45) is 5.92 Å². The van der Waals surface area contributed by atoms with E-state index >= 15 is 0 Å². The summed E-state index contributed by atoms with van der Waals surface area (Å²) in [5.41, 5.74) is 0. The van der Waals surface area contributed by atoms with E-state index in [1.165, 1.54) is 23.3 Å². The molecule has 0 bridgehead atoms. The fourth-order valence-corrected chi connectivity index (χ4v) is 0. The summed E-state index contributed by atoms with van der Waals surface area (Å²) < 4.78 is 0. The average molecular weight is 351 g/mol. The largest absolute Gasteiger partial charge is 0.325 e. The first-order valence-corrected chi connectivity index (χ1v) is 11.0. The van der Waals surface area contributed by atoms with Gasteiger partial charge >= 0.3 is 56.5 Å². The van der Waals surface area contributed by atoms with E-state index in [4.69, 9.17) is 29.4 Å². The maximum absolute atomic E-state index is 7.56. The molecule has 0 aliphatic heterocycles. The minimum absolute atomic E-state index is 0.940. The molecule has 0 saturated carbocycles. The van der Waals surface area contributed by atoms with Gasteiger partial charge in [-0.1, -0.05) is 0 Å². The SMILES string of the molecule is CC(C)[CH2][Zn].OP(O)(O)=S.OP(O)(O)=S. The summed E-state index contributed by atoms with van der Waals surface area (Å²) in [6.45, 7) is -3.10. The van der Waals surface area contributed by atoms with Gasteiger partial charge in [-0.05, 0) is 23.6 Å². The van der Waals surface area contributed by atoms with Gasteiger partial charge in [-0.2, -0.15) is 0 Å². The normalized spacial score (nSPS) is 11.1. The number of rotatable bonds is 1. The second kappa shape index (κ2) is 10.8. The molecule has 91 valence electrons. The van der Waals surface area contributed by atoms with Crippen LogP contribution >= 0.6 is 13.4 Å². The van der Waals surface area contributed by atoms with Crippen LogP contribution in [0.4, 0.5) is 0 Å². The van der Waals surface area contributed by atoms with Gasteiger partial charge in [-0.25, -0.2) is 0 Å². The van der Waals surface area contributed by atoms with Crippen LogP contribution in [-0.2, 0) is 41.9 Å². The molecule has 0 amide bonds. The van der Waals surface area contributed by atoms with Gasteiger partial charge in [0, 0.05) is 0 Å². The van der Waals surface area contributed by atoms with Crippen LogP contribution in [0.1, 0.15) is 13.8 Å². The minimum atomic E-state index is -3.81. The fourth-order valence-electron chi connectivity index (χ4n) is 0. The van der Waals surface area contributed by atoms with E-state index < -0.39 is 13.4 Å². The van der Waals surface area contributed by atoms with Crippen LogP contribution in [0, 0.1) is 5.92 Å². The quantitative estimate of drug-likeness (QED) is 0.288. The molecule has 0 fully saturated rings. The maximum atomic E-state index is 7.56. The second-order valence-corrected chi connectivity index (χ2v) is 8.91. The molecule has 0 aromatic rings. The first kappa shape index (κ1) is 21.9. The van der Waals surface area contributed by atoms with Crippen LogP contribution in [0.5, 0.6) is 0 Å². The molecule has 0 aromatic carbocycles. The molecule has 0 rings (SSSR count). The Bertz CT molecular complexity index is 189. The van der Waals surface area contributed by atoms with Crippen LogP contribution in [0.2, 0.25) is 5.02 Å².